The van der Waals surface area contributed by atoms with Crippen LogP contribution in [-0.2, 0) is 12.4 Å². The molecule has 438 valence electrons. The van der Waals surface area contributed by atoms with Crippen molar-refractivity contribution < 1.29 is 26.3 Å². The molecule has 2 aromatic heterocycles. The summed E-state index contributed by atoms with van der Waals surface area (Å²) in [6, 6.07) is 70.0. The predicted molar refractivity (Wildman–Crippen MR) is 340 cm³/mol. The average molecular weight is 1230 g/mol. The molecule has 0 atom stereocenters. The number of rotatable bonds is 8. The van der Waals surface area contributed by atoms with Gasteiger partial charge in [-0.3, -0.25) is 0 Å². The van der Waals surface area contributed by atoms with E-state index < -0.39 is 29.0 Å². The Morgan fingerprint density at radius 3 is 0.947 bits per heavy atom. The Kier molecular flexibility index (Phi) is 14.4. The van der Waals surface area contributed by atoms with Crippen LogP contribution in [0.1, 0.15) is 61.2 Å². The van der Waals surface area contributed by atoms with E-state index in [1.807, 2.05) is 33.4 Å². The minimum absolute atomic E-state index is 0.0290. The van der Waals surface area contributed by atoms with Crippen molar-refractivity contribution in [3.8, 4) is 133 Å². The van der Waals surface area contributed by atoms with E-state index in [-0.39, 0.29) is 78.5 Å². The largest absolute Gasteiger partial charge is 0.417 e. The van der Waals surface area contributed by atoms with Gasteiger partial charge in [0.2, 0.25) is 0 Å². The molecule has 0 saturated heterocycles. The van der Waals surface area contributed by atoms with E-state index in [2.05, 4.69) is 54.6 Å². The van der Waals surface area contributed by atoms with Crippen LogP contribution in [0.25, 0.3) is 122 Å². The first-order valence-corrected chi connectivity index (χ1v) is 28.4. The third-order valence-corrected chi connectivity index (χ3v) is 16.7. The fourth-order valence-corrected chi connectivity index (χ4v) is 12.4. The summed E-state index contributed by atoms with van der Waals surface area (Å²) in [5, 5.41) is 93.4. The molecule has 0 aliphatic carbocycles. The lowest BCUT2D eigenvalue weighted by Crippen LogP contribution is -2.12. The maximum Gasteiger partial charge on any atom is 0.417 e. The topological polar surface area (TPSA) is 224 Å². The van der Waals surface area contributed by atoms with E-state index in [0.717, 1.165) is 6.07 Å². The lowest BCUT2D eigenvalue weighted by Gasteiger charge is -2.22. The summed E-state index contributed by atoms with van der Waals surface area (Å²) in [5.74, 6) is 0. The lowest BCUT2D eigenvalue weighted by molar-refractivity contribution is -0.142. The van der Waals surface area contributed by atoms with Gasteiger partial charge in [0.15, 0.2) is 0 Å². The first-order chi connectivity index (χ1) is 45.4. The Morgan fingerprint density at radius 1 is 0.255 bits per heavy atom. The maximum atomic E-state index is 15.7. The normalized spacial score (nSPS) is 11.2. The Bertz CT molecular complexity index is 5650. The van der Waals surface area contributed by atoms with E-state index in [9.17, 15) is 60.5 Å². The zero-order chi connectivity index (χ0) is 65.9. The summed E-state index contributed by atoms with van der Waals surface area (Å²) < 4.78 is 94.2. The van der Waals surface area contributed by atoms with Gasteiger partial charge >= 0.3 is 12.4 Å². The zero-order valence-corrected chi connectivity index (χ0v) is 48.2. The molecular formula is C77H33F6N11. The van der Waals surface area contributed by atoms with Gasteiger partial charge in [0, 0.05) is 32.8 Å². The Morgan fingerprint density at radius 2 is 0.596 bits per heavy atom. The second-order valence-corrected chi connectivity index (χ2v) is 21.9. The van der Waals surface area contributed by atoms with E-state index in [1.54, 1.807) is 109 Å². The molecule has 0 aliphatic heterocycles. The summed E-state index contributed by atoms with van der Waals surface area (Å²) in [5.41, 5.74) is 4.96. The summed E-state index contributed by atoms with van der Waals surface area (Å²) >= 11 is 0. The quantitative estimate of drug-likeness (QED) is 0.132. The number of hydrogen-bond donors (Lipinski definition) is 0. The molecule has 11 aromatic carbocycles. The molecule has 0 saturated carbocycles. The minimum atomic E-state index is -5.35. The second kappa shape index (κ2) is 22.9. The molecule has 0 radical (unpaired) electrons. The van der Waals surface area contributed by atoms with Crippen molar-refractivity contribution in [2.45, 2.75) is 12.4 Å². The SMILES string of the molecule is N#Cc1ccc(-c2ccc3c(c2)c2cc(-c4ccc(C#N)cc4C#N)ccc2n3-c2ccc(-c3ccc(C(F)(F)F)cc3C(F)(F)F)c(-c3cc(C#N)ccc3-n3c4ccc(-c5ccc(C#N)cc5C#N)cc4c4cc(-c5ccc(C#N)cc5C#N)ccc43)c2)c(C#N)c1. The van der Waals surface area contributed by atoms with Crippen molar-refractivity contribution in [3.05, 3.63) is 261 Å². The zero-order valence-electron chi connectivity index (χ0n) is 48.2. The number of fused-ring (bicyclic) bond motifs is 6. The molecule has 11 nitrogen and oxygen atoms in total. The average Bonchev–Trinajstić information content (AvgIpc) is 1.57. The fraction of sp³-hybridized carbons (Fsp3) is 0.0260. The molecule has 0 bridgehead atoms. The van der Waals surface area contributed by atoms with Gasteiger partial charge in [-0.15, -0.1) is 0 Å². The van der Waals surface area contributed by atoms with Crippen molar-refractivity contribution >= 4 is 43.6 Å². The van der Waals surface area contributed by atoms with Gasteiger partial charge in [-0.25, -0.2) is 0 Å². The lowest BCUT2D eigenvalue weighted by atomic mass is 9.88. The molecule has 0 amide bonds. The highest BCUT2D eigenvalue weighted by atomic mass is 19.4. The van der Waals surface area contributed by atoms with Crippen LogP contribution in [-0.4, -0.2) is 9.13 Å². The third kappa shape index (κ3) is 10.0. The molecule has 2 heterocycles. The number of aromatic nitrogens is 2. The van der Waals surface area contributed by atoms with Gasteiger partial charge < -0.3 is 9.13 Å². The van der Waals surface area contributed by atoms with Crippen molar-refractivity contribution in [3.63, 3.8) is 0 Å². The highest BCUT2D eigenvalue weighted by Crippen LogP contribution is 2.49. The number of halogens is 6. The summed E-state index contributed by atoms with van der Waals surface area (Å²) in [7, 11) is 0. The molecule has 0 fully saturated rings. The Hall–Kier alpha value is -14.0. The third-order valence-electron chi connectivity index (χ3n) is 16.7. The first-order valence-electron chi connectivity index (χ1n) is 28.4. The molecule has 0 spiro atoms. The number of nitrogens with zero attached hydrogens (tertiary/aromatic N) is 11. The van der Waals surface area contributed by atoms with Crippen molar-refractivity contribution in [1.82, 2.24) is 9.13 Å². The van der Waals surface area contributed by atoms with Crippen LogP contribution in [0.3, 0.4) is 0 Å². The number of hydrogen-bond acceptors (Lipinski definition) is 9. The van der Waals surface area contributed by atoms with Crippen LogP contribution in [0.2, 0.25) is 0 Å². The Labute approximate surface area is 530 Å². The first kappa shape index (κ1) is 59.0. The Balaban J connectivity index is 1.13. The maximum absolute atomic E-state index is 15.7. The summed E-state index contributed by atoms with van der Waals surface area (Å²) in [6.07, 6.45) is -10.5. The summed E-state index contributed by atoms with van der Waals surface area (Å²) in [6.45, 7) is 0. The van der Waals surface area contributed by atoms with Crippen molar-refractivity contribution in [1.29, 1.82) is 47.4 Å². The van der Waals surface area contributed by atoms with E-state index >= 15 is 13.2 Å². The van der Waals surface area contributed by atoms with Gasteiger partial charge in [-0.1, -0.05) is 60.7 Å². The van der Waals surface area contributed by atoms with Crippen molar-refractivity contribution in [2.24, 2.45) is 0 Å². The molecule has 0 unspecified atom stereocenters. The molecule has 17 heteroatoms. The molecule has 13 aromatic rings. The van der Waals surface area contributed by atoms with E-state index in [0.29, 0.717) is 99.9 Å². The van der Waals surface area contributed by atoms with Crippen LogP contribution in [0.4, 0.5) is 26.3 Å². The van der Waals surface area contributed by atoms with Crippen LogP contribution < -0.4 is 0 Å². The number of benzene rings is 11. The number of alkyl halides is 6. The standard InChI is InChI=1S/C77H33F6N11/c78-76(79,80)56-10-16-63(70(32-56)77(81,82)83)62-17-11-57(93-71-19-6-48(58-12-1-43(34-84)23-52(58)39-89)28-66(71)67-29-49(7-20-72(67)93)59-13-2-44(35-85)24-53(59)40-90)33-64(62)65-27-47(38-88)5-18-73(65)94-74-21-8-50(60-14-3-45(36-86)25-54(60)41-91)30-68(74)69-31-51(9-22-75(69)94)61-15-4-46(37-87)26-55(61)42-92/h1-33H. The number of nitriles is 9. The highest BCUT2D eigenvalue weighted by Gasteiger charge is 2.39. The van der Waals surface area contributed by atoms with E-state index in [4.69, 9.17) is 0 Å². The second-order valence-electron chi connectivity index (χ2n) is 21.9. The molecule has 0 N–H and O–H groups in total. The van der Waals surface area contributed by atoms with Gasteiger partial charge in [0.1, 0.15) is 0 Å². The smallest absolute Gasteiger partial charge is 0.309 e. The predicted octanol–water partition coefficient (Wildman–Crippen LogP) is 18.8. The molecule has 94 heavy (non-hydrogen) atoms. The van der Waals surface area contributed by atoms with Gasteiger partial charge in [-0.05, 0) is 201 Å². The highest BCUT2D eigenvalue weighted by molar-refractivity contribution is 6.14. The van der Waals surface area contributed by atoms with Crippen LogP contribution in [0.15, 0.2) is 200 Å². The molecule has 13 rings (SSSR count). The summed E-state index contributed by atoms with van der Waals surface area (Å²) in [4.78, 5) is 0. The van der Waals surface area contributed by atoms with E-state index in [1.165, 1.54) is 48.5 Å². The van der Waals surface area contributed by atoms with Crippen LogP contribution in [0, 0.1) is 102 Å². The van der Waals surface area contributed by atoms with Gasteiger partial charge in [0.05, 0.1) is 144 Å². The van der Waals surface area contributed by atoms with Crippen LogP contribution in [0.5, 0.6) is 0 Å². The molecular weight excluding hydrogens is 1190 g/mol. The monoisotopic (exact) mass is 1230 g/mol. The van der Waals surface area contributed by atoms with Gasteiger partial charge in [-0.2, -0.15) is 73.7 Å². The van der Waals surface area contributed by atoms with Crippen molar-refractivity contribution in [2.75, 3.05) is 0 Å². The van der Waals surface area contributed by atoms with Crippen LogP contribution >= 0.6 is 0 Å². The molecule has 0 aliphatic rings. The van der Waals surface area contributed by atoms with Gasteiger partial charge in [0.25, 0.3) is 0 Å². The minimum Gasteiger partial charge on any atom is -0.309 e. The fourth-order valence-electron chi connectivity index (χ4n) is 12.4.